The monoisotopic (exact) mass is 402 g/mol. The van der Waals surface area contributed by atoms with Gasteiger partial charge in [0.25, 0.3) is 0 Å². The molecule has 0 radical (unpaired) electrons. The Morgan fingerprint density at radius 1 is 0.400 bits per heavy atom. The van der Waals surface area contributed by atoms with Crippen molar-refractivity contribution in [3.8, 4) is 0 Å². The van der Waals surface area contributed by atoms with Gasteiger partial charge in [0, 0.05) is 0 Å². The highest BCUT2D eigenvalue weighted by Gasteiger charge is 2.14. The number of rotatable bonds is 9. The molecule has 0 nitrogen and oxygen atoms in total. The van der Waals surface area contributed by atoms with Crippen LogP contribution in [0.2, 0.25) is 0 Å². The Bertz CT molecular complexity index is 646. The molecular formula is C30H42. The molecule has 162 valence electrons. The zero-order valence-corrected chi connectivity index (χ0v) is 19.1. The fraction of sp³-hybridized carbons (Fsp3) is 0.600. The lowest BCUT2D eigenvalue weighted by Crippen LogP contribution is -2.07. The van der Waals surface area contributed by atoms with Gasteiger partial charge in [0.1, 0.15) is 0 Å². The molecule has 0 heteroatoms. The number of benzene rings is 2. The number of hydrogen-bond acceptors (Lipinski definition) is 0. The van der Waals surface area contributed by atoms with Crippen molar-refractivity contribution in [3.63, 3.8) is 0 Å². The van der Waals surface area contributed by atoms with E-state index in [0.717, 1.165) is 24.7 Å². The van der Waals surface area contributed by atoms with E-state index >= 15 is 0 Å². The first kappa shape index (κ1) is 21.7. The topological polar surface area (TPSA) is 0 Å². The summed E-state index contributed by atoms with van der Waals surface area (Å²) in [5, 5.41) is 0. The van der Waals surface area contributed by atoms with Crippen molar-refractivity contribution in [2.75, 3.05) is 0 Å². The lowest BCUT2D eigenvalue weighted by molar-refractivity contribution is 0.339. The predicted octanol–water partition coefficient (Wildman–Crippen LogP) is 8.50. The van der Waals surface area contributed by atoms with Gasteiger partial charge >= 0.3 is 0 Å². The molecule has 4 rings (SSSR count). The third-order valence-corrected chi connectivity index (χ3v) is 7.88. The van der Waals surface area contributed by atoms with Gasteiger partial charge < -0.3 is 0 Å². The Morgan fingerprint density at radius 3 is 1.03 bits per heavy atom. The van der Waals surface area contributed by atoms with E-state index in [4.69, 9.17) is 0 Å². The summed E-state index contributed by atoms with van der Waals surface area (Å²) in [7, 11) is 0. The second-order valence-electron chi connectivity index (χ2n) is 10.2. The molecule has 2 aliphatic rings. The summed E-state index contributed by atoms with van der Waals surface area (Å²) in [6.45, 7) is 0. The molecule has 0 amide bonds. The summed E-state index contributed by atoms with van der Waals surface area (Å²) in [6.07, 6.45) is 22.3. The van der Waals surface area contributed by atoms with Crippen molar-refractivity contribution in [1.29, 1.82) is 0 Å². The van der Waals surface area contributed by atoms with E-state index < -0.39 is 0 Å². The zero-order chi connectivity index (χ0) is 20.4. The van der Waals surface area contributed by atoms with Gasteiger partial charge in [-0.2, -0.15) is 0 Å². The molecule has 2 fully saturated rings. The van der Waals surface area contributed by atoms with Gasteiger partial charge in [-0.3, -0.25) is 0 Å². The van der Waals surface area contributed by atoms with Gasteiger partial charge in [-0.05, 0) is 72.6 Å². The van der Waals surface area contributed by atoms with Crippen molar-refractivity contribution in [2.24, 2.45) is 11.8 Å². The van der Waals surface area contributed by atoms with Crippen molar-refractivity contribution in [1.82, 2.24) is 0 Å². The number of hydrogen-bond donors (Lipinski definition) is 0. The maximum atomic E-state index is 2.38. The van der Waals surface area contributed by atoms with Crippen molar-refractivity contribution in [2.45, 2.75) is 103 Å². The first-order valence-electron chi connectivity index (χ1n) is 13.0. The Kier molecular flexibility index (Phi) is 8.47. The minimum atomic E-state index is 0.990. The largest absolute Gasteiger partial charge is 0.0588 e. The Hall–Kier alpha value is -1.56. The molecular weight excluding hydrogens is 360 g/mol. The molecule has 30 heavy (non-hydrogen) atoms. The predicted molar refractivity (Wildman–Crippen MR) is 130 cm³/mol. The summed E-state index contributed by atoms with van der Waals surface area (Å²) >= 11 is 0. The molecule has 2 aromatic carbocycles. The zero-order valence-electron chi connectivity index (χ0n) is 19.1. The molecule has 0 aliphatic heterocycles. The number of aryl methyl sites for hydroxylation is 4. The van der Waals surface area contributed by atoms with Crippen LogP contribution in [-0.2, 0) is 25.7 Å². The Balaban J connectivity index is 1.17. The minimum Gasteiger partial charge on any atom is -0.0588 e. The Morgan fingerprint density at radius 2 is 0.700 bits per heavy atom. The van der Waals surface area contributed by atoms with Crippen LogP contribution in [0, 0.1) is 11.8 Å². The first-order chi connectivity index (χ1) is 14.8. The van der Waals surface area contributed by atoms with Crippen LogP contribution in [0.15, 0.2) is 48.5 Å². The van der Waals surface area contributed by atoms with Crippen LogP contribution in [-0.4, -0.2) is 0 Å². The van der Waals surface area contributed by atoms with Gasteiger partial charge in [0.2, 0.25) is 0 Å². The second kappa shape index (κ2) is 11.7. The molecule has 0 atom stereocenters. The lowest BCUT2D eigenvalue weighted by Gasteiger charge is -2.21. The standard InChI is InChI=1S/C30H42/c1-3-7-25(8-4-1)11-13-27-15-19-29(20-16-27)23-24-30-21-17-28(18-22-30)14-12-26-9-5-2-6-10-26/h15-22,25-26H,1-14,23-24H2. The third-order valence-electron chi connectivity index (χ3n) is 7.88. The van der Waals surface area contributed by atoms with Crippen LogP contribution in [0.5, 0.6) is 0 Å². The van der Waals surface area contributed by atoms with Gasteiger partial charge in [0.05, 0.1) is 0 Å². The van der Waals surface area contributed by atoms with Gasteiger partial charge in [-0.1, -0.05) is 113 Å². The molecule has 0 unspecified atom stereocenters. The van der Waals surface area contributed by atoms with Crippen LogP contribution < -0.4 is 0 Å². The Labute approximate surface area is 185 Å². The molecule has 2 saturated carbocycles. The maximum Gasteiger partial charge on any atom is -0.0238 e. The van der Waals surface area contributed by atoms with E-state index in [2.05, 4.69) is 48.5 Å². The summed E-state index contributed by atoms with van der Waals surface area (Å²) < 4.78 is 0. The second-order valence-corrected chi connectivity index (χ2v) is 10.2. The molecule has 0 saturated heterocycles. The third kappa shape index (κ3) is 7.00. The minimum absolute atomic E-state index is 0.990. The fourth-order valence-corrected chi connectivity index (χ4v) is 5.73. The van der Waals surface area contributed by atoms with Crippen molar-refractivity contribution >= 4 is 0 Å². The quantitative estimate of drug-likeness (QED) is 0.394. The van der Waals surface area contributed by atoms with Crippen LogP contribution in [0.25, 0.3) is 0 Å². The van der Waals surface area contributed by atoms with Crippen LogP contribution in [0.4, 0.5) is 0 Å². The van der Waals surface area contributed by atoms with Crippen LogP contribution in [0.1, 0.15) is 99.3 Å². The van der Waals surface area contributed by atoms with Gasteiger partial charge in [-0.25, -0.2) is 0 Å². The van der Waals surface area contributed by atoms with Crippen molar-refractivity contribution < 1.29 is 0 Å². The van der Waals surface area contributed by atoms with E-state index in [1.807, 2.05) is 0 Å². The summed E-state index contributed by atoms with van der Waals surface area (Å²) in [5.41, 5.74) is 6.04. The highest BCUT2D eigenvalue weighted by molar-refractivity contribution is 5.26. The smallest absolute Gasteiger partial charge is 0.0238 e. The first-order valence-corrected chi connectivity index (χ1v) is 13.0. The summed E-state index contributed by atoms with van der Waals surface area (Å²) in [6, 6.07) is 19.0. The van der Waals surface area contributed by atoms with Gasteiger partial charge in [0.15, 0.2) is 0 Å². The molecule has 0 spiro atoms. The van der Waals surface area contributed by atoms with Crippen molar-refractivity contribution in [3.05, 3.63) is 70.8 Å². The van der Waals surface area contributed by atoms with E-state index in [-0.39, 0.29) is 0 Å². The highest BCUT2D eigenvalue weighted by Crippen LogP contribution is 2.28. The molecule has 0 aromatic heterocycles. The molecule has 2 aromatic rings. The normalized spacial score (nSPS) is 18.5. The van der Waals surface area contributed by atoms with Crippen LogP contribution in [0.3, 0.4) is 0 Å². The van der Waals surface area contributed by atoms with Gasteiger partial charge in [-0.15, -0.1) is 0 Å². The fourth-order valence-electron chi connectivity index (χ4n) is 5.73. The summed E-state index contributed by atoms with van der Waals surface area (Å²) in [5.74, 6) is 1.98. The van der Waals surface area contributed by atoms with E-state index in [1.165, 1.54) is 112 Å². The average molecular weight is 403 g/mol. The molecule has 0 N–H and O–H groups in total. The molecule has 2 aliphatic carbocycles. The summed E-state index contributed by atoms with van der Waals surface area (Å²) in [4.78, 5) is 0. The SMILES string of the molecule is c1cc(CCC2CCCCC2)ccc1CCc1ccc(CCC2CCCCC2)cc1. The van der Waals surface area contributed by atoms with E-state index in [0.29, 0.717) is 0 Å². The van der Waals surface area contributed by atoms with Crippen LogP contribution >= 0.6 is 0 Å². The van der Waals surface area contributed by atoms with E-state index in [1.54, 1.807) is 0 Å². The average Bonchev–Trinajstić information content (AvgIpc) is 2.83. The molecule has 0 heterocycles. The molecule has 0 bridgehead atoms. The lowest BCUT2D eigenvalue weighted by atomic mass is 9.85. The highest BCUT2D eigenvalue weighted by atomic mass is 14.2. The van der Waals surface area contributed by atoms with E-state index in [9.17, 15) is 0 Å². The maximum absolute atomic E-state index is 2.38.